The molecule has 78 valence electrons. The Morgan fingerprint density at radius 3 is 2.73 bits per heavy atom. The molecule has 1 aromatic heterocycles. The zero-order valence-corrected chi connectivity index (χ0v) is 9.20. The van der Waals surface area contributed by atoms with Gasteiger partial charge in [-0.05, 0) is 36.8 Å². The summed E-state index contributed by atoms with van der Waals surface area (Å²) in [6.07, 6.45) is 2.06. The van der Waals surface area contributed by atoms with E-state index in [4.69, 9.17) is 0 Å². The van der Waals surface area contributed by atoms with Crippen LogP contribution in [0.15, 0.2) is 42.6 Å². The van der Waals surface area contributed by atoms with Crippen LogP contribution in [0, 0.1) is 6.92 Å². The van der Waals surface area contributed by atoms with Crippen LogP contribution in [0.4, 0.5) is 5.69 Å². The maximum Gasteiger partial charge on any atom is 0.0553 e. The molecule has 0 bridgehead atoms. The van der Waals surface area contributed by atoms with Crippen molar-refractivity contribution in [2.45, 2.75) is 13.5 Å². The molecule has 1 heterocycles. The van der Waals surface area contributed by atoms with Crippen LogP contribution in [0.1, 0.15) is 11.3 Å². The van der Waals surface area contributed by atoms with E-state index in [0.29, 0.717) is 0 Å². The first-order valence-corrected chi connectivity index (χ1v) is 5.16. The van der Waals surface area contributed by atoms with E-state index in [1.165, 1.54) is 16.9 Å². The Balaban J connectivity index is 2.02. The molecule has 0 aliphatic carbocycles. The molecular formula is C13H16N2. The molecule has 0 amide bonds. The van der Waals surface area contributed by atoms with Crippen LogP contribution in [-0.4, -0.2) is 4.57 Å². The highest BCUT2D eigenvalue weighted by Crippen LogP contribution is 2.11. The third-order valence-corrected chi connectivity index (χ3v) is 2.54. The Bertz CT molecular complexity index is 443. The van der Waals surface area contributed by atoms with Gasteiger partial charge in [0.25, 0.3) is 0 Å². The lowest BCUT2D eigenvalue weighted by atomic mass is 10.2. The number of aryl methyl sites for hydroxylation is 2. The van der Waals surface area contributed by atoms with Crippen LogP contribution >= 0.6 is 0 Å². The van der Waals surface area contributed by atoms with Crippen molar-refractivity contribution >= 4 is 5.69 Å². The Morgan fingerprint density at radius 1 is 1.20 bits per heavy atom. The molecule has 0 unspecified atom stereocenters. The Morgan fingerprint density at radius 2 is 2.07 bits per heavy atom. The lowest BCUT2D eigenvalue weighted by molar-refractivity contribution is 0.842. The van der Waals surface area contributed by atoms with Gasteiger partial charge in [-0.2, -0.15) is 0 Å². The summed E-state index contributed by atoms with van der Waals surface area (Å²) < 4.78 is 2.13. The van der Waals surface area contributed by atoms with Gasteiger partial charge in [0.15, 0.2) is 0 Å². The molecule has 0 saturated heterocycles. The van der Waals surface area contributed by atoms with Crippen LogP contribution in [0.3, 0.4) is 0 Å². The molecule has 0 aliphatic heterocycles. The van der Waals surface area contributed by atoms with Crippen molar-refractivity contribution in [3.05, 3.63) is 53.9 Å². The molecule has 0 atom stereocenters. The third kappa shape index (κ3) is 2.40. The van der Waals surface area contributed by atoms with Crippen LogP contribution < -0.4 is 5.32 Å². The van der Waals surface area contributed by atoms with Crippen molar-refractivity contribution in [3.63, 3.8) is 0 Å². The molecule has 2 heteroatoms. The number of hydrogen-bond donors (Lipinski definition) is 1. The van der Waals surface area contributed by atoms with E-state index in [-0.39, 0.29) is 0 Å². The van der Waals surface area contributed by atoms with E-state index in [9.17, 15) is 0 Å². The smallest absolute Gasteiger partial charge is 0.0553 e. The summed E-state index contributed by atoms with van der Waals surface area (Å²) in [5.41, 5.74) is 3.75. The standard InChI is InChI=1S/C13H16N2/c1-11-5-3-6-12(9-11)14-10-13-7-4-8-15(13)2/h3-9,14H,10H2,1-2H3. The highest BCUT2D eigenvalue weighted by molar-refractivity contribution is 5.45. The van der Waals surface area contributed by atoms with Crippen molar-refractivity contribution in [1.29, 1.82) is 0 Å². The maximum atomic E-state index is 3.41. The minimum Gasteiger partial charge on any atom is -0.379 e. The molecule has 2 rings (SSSR count). The van der Waals surface area contributed by atoms with Gasteiger partial charge in [-0.15, -0.1) is 0 Å². The number of aromatic nitrogens is 1. The van der Waals surface area contributed by atoms with Gasteiger partial charge in [0.1, 0.15) is 0 Å². The van der Waals surface area contributed by atoms with Crippen molar-refractivity contribution in [1.82, 2.24) is 4.57 Å². The topological polar surface area (TPSA) is 17.0 Å². The van der Waals surface area contributed by atoms with Gasteiger partial charge in [-0.25, -0.2) is 0 Å². The molecule has 2 aromatic rings. The minimum absolute atomic E-state index is 0.868. The summed E-state index contributed by atoms with van der Waals surface area (Å²) >= 11 is 0. The van der Waals surface area contributed by atoms with Gasteiger partial charge < -0.3 is 9.88 Å². The van der Waals surface area contributed by atoms with Crippen molar-refractivity contribution in [3.8, 4) is 0 Å². The second-order valence-electron chi connectivity index (χ2n) is 3.83. The quantitative estimate of drug-likeness (QED) is 0.806. The molecule has 0 fully saturated rings. The SMILES string of the molecule is Cc1cccc(NCc2cccn2C)c1. The molecule has 1 aromatic carbocycles. The fraction of sp³-hybridized carbons (Fsp3) is 0.231. The molecule has 1 N–H and O–H groups in total. The normalized spacial score (nSPS) is 10.3. The average Bonchev–Trinajstić information content (AvgIpc) is 2.61. The van der Waals surface area contributed by atoms with Gasteiger partial charge in [-0.1, -0.05) is 12.1 Å². The molecule has 0 spiro atoms. The first-order chi connectivity index (χ1) is 7.25. The van der Waals surface area contributed by atoms with Gasteiger partial charge in [0.2, 0.25) is 0 Å². The zero-order chi connectivity index (χ0) is 10.7. The maximum absolute atomic E-state index is 3.41. The van der Waals surface area contributed by atoms with Crippen LogP contribution in [-0.2, 0) is 13.6 Å². The predicted octanol–water partition coefficient (Wildman–Crippen LogP) is 2.95. The number of rotatable bonds is 3. The molecule has 15 heavy (non-hydrogen) atoms. The second-order valence-corrected chi connectivity index (χ2v) is 3.83. The Kier molecular flexibility index (Phi) is 2.77. The van der Waals surface area contributed by atoms with Crippen LogP contribution in [0.5, 0.6) is 0 Å². The van der Waals surface area contributed by atoms with Gasteiger partial charge in [0, 0.05) is 24.6 Å². The summed E-state index contributed by atoms with van der Waals surface area (Å²) in [6.45, 7) is 2.97. The molecule has 0 aliphatic rings. The Hall–Kier alpha value is -1.70. The van der Waals surface area contributed by atoms with Gasteiger partial charge >= 0.3 is 0 Å². The minimum atomic E-state index is 0.868. The molecule has 0 saturated carbocycles. The monoisotopic (exact) mass is 200 g/mol. The molecule has 0 radical (unpaired) electrons. The van der Waals surface area contributed by atoms with Crippen molar-refractivity contribution in [2.24, 2.45) is 7.05 Å². The predicted molar refractivity (Wildman–Crippen MR) is 63.9 cm³/mol. The summed E-state index contributed by atoms with van der Waals surface area (Å²) in [5, 5.41) is 3.41. The van der Waals surface area contributed by atoms with Crippen molar-refractivity contribution < 1.29 is 0 Å². The largest absolute Gasteiger partial charge is 0.379 e. The number of anilines is 1. The second kappa shape index (κ2) is 4.22. The van der Waals surface area contributed by atoms with E-state index in [2.05, 4.69) is 66.5 Å². The summed E-state index contributed by atoms with van der Waals surface area (Å²) in [7, 11) is 2.06. The number of nitrogens with zero attached hydrogens (tertiary/aromatic N) is 1. The molecular weight excluding hydrogens is 184 g/mol. The number of benzene rings is 1. The number of hydrogen-bond acceptors (Lipinski definition) is 1. The summed E-state index contributed by atoms with van der Waals surface area (Å²) in [5.74, 6) is 0. The highest BCUT2D eigenvalue weighted by Gasteiger charge is 1.96. The first kappa shape index (κ1) is 9.84. The van der Waals surface area contributed by atoms with E-state index >= 15 is 0 Å². The van der Waals surface area contributed by atoms with E-state index in [0.717, 1.165) is 6.54 Å². The Labute approximate surface area is 90.6 Å². The first-order valence-electron chi connectivity index (χ1n) is 5.16. The fourth-order valence-corrected chi connectivity index (χ4v) is 1.63. The lowest BCUT2D eigenvalue weighted by Gasteiger charge is -2.07. The summed E-state index contributed by atoms with van der Waals surface area (Å²) in [6, 6.07) is 12.6. The van der Waals surface area contributed by atoms with Crippen LogP contribution in [0.25, 0.3) is 0 Å². The number of nitrogens with one attached hydrogen (secondary N) is 1. The van der Waals surface area contributed by atoms with E-state index in [1.807, 2.05) is 0 Å². The van der Waals surface area contributed by atoms with E-state index in [1.54, 1.807) is 0 Å². The fourth-order valence-electron chi connectivity index (χ4n) is 1.63. The third-order valence-electron chi connectivity index (χ3n) is 2.54. The average molecular weight is 200 g/mol. The van der Waals surface area contributed by atoms with Crippen LogP contribution in [0.2, 0.25) is 0 Å². The molecule has 2 nitrogen and oxygen atoms in total. The lowest BCUT2D eigenvalue weighted by Crippen LogP contribution is -2.03. The summed E-state index contributed by atoms with van der Waals surface area (Å²) in [4.78, 5) is 0. The van der Waals surface area contributed by atoms with E-state index < -0.39 is 0 Å². The highest BCUT2D eigenvalue weighted by atomic mass is 15.0. The van der Waals surface area contributed by atoms with Gasteiger partial charge in [0.05, 0.1) is 6.54 Å². The zero-order valence-electron chi connectivity index (χ0n) is 9.20. The van der Waals surface area contributed by atoms with Gasteiger partial charge in [-0.3, -0.25) is 0 Å². The van der Waals surface area contributed by atoms with Crippen molar-refractivity contribution in [2.75, 3.05) is 5.32 Å².